The summed E-state index contributed by atoms with van der Waals surface area (Å²) in [5.74, 6) is 1.46. The maximum atomic E-state index is 4.65. The minimum Gasteiger partial charge on any atom is -0.357 e. The molecule has 0 spiro atoms. The highest BCUT2D eigenvalue weighted by atomic mass is 127. The SMILES string of the molecule is CCNC(=NCc1ncc(C)s1)NC1CC1c1ccc(Br)cc1.I. The topological polar surface area (TPSA) is 49.3 Å². The van der Waals surface area contributed by atoms with Crippen LogP contribution in [-0.4, -0.2) is 23.5 Å². The summed E-state index contributed by atoms with van der Waals surface area (Å²) in [6.07, 6.45) is 3.06. The lowest BCUT2D eigenvalue weighted by atomic mass is 10.1. The lowest BCUT2D eigenvalue weighted by Crippen LogP contribution is -2.39. The molecule has 0 radical (unpaired) electrons. The number of nitrogens with one attached hydrogen (secondary N) is 2. The number of rotatable bonds is 5. The van der Waals surface area contributed by atoms with Crippen molar-refractivity contribution in [3.8, 4) is 0 Å². The standard InChI is InChI=1S/C17H21BrN4S.HI/c1-3-19-17(21-10-16-20-9-11(2)23-16)22-15-8-14(15)12-4-6-13(18)7-5-12;/h4-7,9,14-15H,3,8,10H2,1-2H3,(H2,19,21,22);1H. The molecule has 2 N–H and O–H groups in total. The van der Waals surface area contributed by atoms with Gasteiger partial charge in [-0.1, -0.05) is 28.1 Å². The van der Waals surface area contributed by atoms with Gasteiger partial charge < -0.3 is 10.6 Å². The smallest absolute Gasteiger partial charge is 0.191 e. The average molecular weight is 521 g/mol. The van der Waals surface area contributed by atoms with Gasteiger partial charge in [0.2, 0.25) is 0 Å². The zero-order valence-electron chi connectivity index (χ0n) is 13.8. The third kappa shape index (κ3) is 5.42. The number of aliphatic imine (C=N–C) groups is 1. The molecule has 1 aliphatic carbocycles. The number of aryl methyl sites for hydroxylation is 1. The Bertz CT molecular complexity index is 686. The second kappa shape index (κ2) is 9.15. The van der Waals surface area contributed by atoms with E-state index in [0.29, 0.717) is 18.5 Å². The Balaban J connectivity index is 0.00000208. The first-order valence-corrected chi connectivity index (χ1v) is 9.48. The Morgan fingerprint density at radius 3 is 2.75 bits per heavy atom. The first-order chi connectivity index (χ1) is 11.2. The van der Waals surface area contributed by atoms with Gasteiger partial charge in [-0.2, -0.15) is 0 Å². The lowest BCUT2D eigenvalue weighted by Gasteiger charge is -2.11. The number of hydrogen-bond acceptors (Lipinski definition) is 3. The molecule has 0 amide bonds. The highest BCUT2D eigenvalue weighted by molar-refractivity contribution is 14.0. The zero-order valence-corrected chi connectivity index (χ0v) is 18.5. The second-order valence-corrected chi connectivity index (χ2v) is 7.94. The van der Waals surface area contributed by atoms with E-state index in [0.717, 1.165) is 28.4 Å². The minimum atomic E-state index is 0. The van der Waals surface area contributed by atoms with Gasteiger partial charge in [0.05, 0.1) is 6.54 Å². The summed E-state index contributed by atoms with van der Waals surface area (Å²) in [7, 11) is 0. The van der Waals surface area contributed by atoms with Gasteiger partial charge in [-0.15, -0.1) is 35.3 Å². The average Bonchev–Trinajstić information content (AvgIpc) is 3.17. The maximum absolute atomic E-state index is 4.65. The molecule has 2 aromatic rings. The van der Waals surface area contributed by atoms with Crippen molar-refractivity contribution in [3.05, 3.63) is 50.4 Å². The number of halogens is 2. The van der Waals surface area contributed by atoms with Crippen LogP contribution in [0.3, 0.4) is 0 Å². The van der Waals surface area contributed by atoms with Gasteiger partial charge in [-0.3, -0.25) is 0 Å². The quantitative estimate of drug-likeness (QED) is 0.348. The van der Waals surface area contributed by atoms with Crippen molar-refractivity contribution >= 4 is 57.2 Å². The first kappa shape index (κ1) is 19.7. The lowest BCUT2D eigenvalue weighted by molar-refractivity contribution is 0.794. The highest BCUT2D eigenvalue weighted by Crippen LogP contribution is 2.40. The largest absolute Gasteiger partial charge is 0.357 e. The Labute approximate surface area is 172 Å². The van der Waals surface area contributed by atoms with Gasteiger partial charge in [-0.05, 0) is 38.0 Å². The fourth-order valence-corrected chi connectivity index (χ4v) is 3.53. The Kier molecular flexibility index (Phi) is 7.49. The van der Waals surface area contributed by atoms with E-state index in [1.54, 1.807) is 11.3 Å². The number of aromatic nitrogens is 1. The summed E-state index contributed by atoms with van der Waals surface area (Å²) in [6.45, 7) is 5.65. The summed E-state index contributed by atoms with van der Waals surface area (Å²) in [4.78, 5) is 10.2. The van der Waals surface area contributed by atoms with E-state index in [1.807, 2.05) is 6.20 Å². The number of nitrogens with zero attached hydrogens (tertiary/aromatic N) is 2. The maximum Gasteiger partial charge on any atom is 0.191 e. The van der Waals surface area contributed by atoms with Crippen LogP contribution < -0.4 is 10.6 Å². The van der Waals surface area contributed by atoms with Crippen LogP contribution in [0.5, 0.6) is 0 Å². The predicted octanol–water partition coefficient (Wildman–Crippen LogP) is 4.44. The molecule has 4 nitrogen and oxygen atoms in total. The van der Waals surface area contributed by atoms with Gasteiger partial charge in [-0.25, -0.2) is 9.98 Å². The molecule has 24 heavy (non-hydrogen) atoms. The molecule has 2 atom stereocenters. The van der Waals surface area contributed by atoms with E-state index < -0.39 is 0 Å². The van der Waals surface area contributed by atoms with Crippen molar-refractivity contribution in [2.24, 2.45) is 4.99 Å². The molecule has 130 valence electrons. The Morgan fingerprint density at radius 2 is 2.12 bits per heavy atom. The predicted molar refractivity (Wildman–Crippen MR) is 116 cm³/mol. The molecule has 1 heterocycles. The zero-order chi connectivity index (χ0) is 16.2. The van der Waals surface area contributed by atoms with Crippen LogP contribution in [0.1, 0.15) is 34.7 Å². The van der Waals surface area contributed by atoms with Crippen molar-refractivity contribution in [1.29, 1.82) is 0 Å². The fourth-order valence-electron chi connectivity index (χ4n) is 2.55. The first-order valence-electron chi connectivity index (χ1n) is 7.87. The third-order valence-corrected chi connectivity index (χ3v) is 5.22. The molecule has 7 heteroatoms. The molecule has 0 saturated heterocycles. The molecule has 1 saturated carbocycles. The summed E-state index contributed by atoms with van der Waals surface area (Å²) in [5, 5.41) is 7.91. The van der Waals surface area contributed by atoms with Crippen LogP contribution in [0.4, 0.5) is 0 Å². The molecule has 1 aromatic heterocycles. The van der Waals surface area contributed by atoms with Crippen LogP contribution in [-0.2, 0) is 6.54 Å². The highest BCUT2D eigenvalue weighted by Gasteiger charge is 2.38. The van der Waals surface area contributed by atoms with Crippen LogP contribution >= 0.6 is 51.2 Å². The minimum absolute atomic E-state index is 0. The van der Waals surface area contributed by atoms with Crippen molar-refractivity contribution in [1.82, 2.24) is 15.6 Å². The number of guanidine groups is 1. The van der Waals surface area contributed by atoms with E-state index in [1.165, 1.54) is 10.4 Å². The van der Waals surface area contributed by atoms with Gasteiger partial charge in [0, 0.05) is 34.1 Å². The van der Waals surface area contributed by atoms with Crippen molar-refractivity contribution < 1.29 is 0 Å². The molecule has 2 unspecified atom stereocenters. The van der Waals surface area contributed by atoms with Crippen LogP contribution in [0.15, 0.2) is 39.9 Å². The second-order valence-electron chi connectivity index (χ2n) is 5.70. The normalized spacial score (nSPS) is 19.5. The number of thiazole rings is 1. The Hall–Kier alpha value is -0.670. The number of benzene rings is 1. The molecule has 0 aliphatic heterocycles. The molecule has 1 fully saturated rings. The van der Waals surface area contributed by atoms with E-state index in [4.69, 9.17) is 0 Å². The van der Waals surface area contributed by atoms with Crippen molar-refractivity contribution in [2.45, 2.75) is 38.8 Å². The van der Waals surface area contributed by atoms with Crippen LogP contribution in [0, 0.1) is 6.92 Å². The monoisotopic (exact) mass is 520 g/mol. The van der Waals surface area contributed by atoms with E-state index in [-0.39, 0.29) is 24.0 Å². The molecular weight excluding hydrogens is 499 g/mol. The van der Waals surface area contributed by atoms with Gasteiger partial charge in [0.15, 0.2) is 5.96 Å². The van der Waals surface area contributed by atoms with Crippen LogP contribution in [0.25, 0.3) is 0 Å². The number of hydrogen-bond donors (Lipinski definition) is 2. The van der Waals surface area contributed by atoms with E-state index in [9.17, 15) is 0 Å². The molecule has 1 aromatic carbocycles. The third-order valence-electron chi connectivity index (χ3n) is 3.80. The molecule has 3 rings (SSSR count). The summed E-state index contributed by atoms with van der Waals surface area (Å²) >= 11 is 5.19. The summed E-state index contributed by atoms with van der Waals surface area (Å²) < 4.78 is 1.13. The molecule has 0 bridgehead atoms. The van der Waals surface area contributed by atoms with Crippen molar-refractivity contribution in [2.75, 3.05) is 6.54 Å². The van der Waals surface area contributed by atoms with E-state index in [2.05, 4.69) is 74.7 Å². The summed E-state index contributed by atoms with van der Waals surface area (Å²) in [6, 6.07) is 9.06. The van der Waals surface area contributed by atoms with Gasteiger partial charge in [0.25, 0.3) is 0 Å². The fraction of sp³-hybridized carbons (Fsp3) is 0.412. The van der Waals surface area contributed by atoms with Gasteiger partial charge >= 0.3 is 0 Å². The van der Waals surface area contributed by atoms with Crippen molar-refractivity contribution in [3.63, 3.8) is 0 Å². The Morgan fingerprint density at radius 1 is 1.38 bits per heavy atom. The van der Waals surface area contributed by atoms with Gasteiger partial charge in [0.1, 0.15) is 5.01 Å². The molecular formula is C17H22BrIN4S. The summed E-state index contributed by atoms with van der Waals surface area (Å²) in [5.41, 5.74) is 1.39. The van der Waals surface area contributed by atoms with E-state index >= 15 is 0 Å². The van der Waals surface area contributed by atoms with Crippen LogP contribution in [0.2, 0.25) is 0 Å². The molecule has 1 aliphatic rings.